The Morgan fingerprint density at radius 2 is 2.04 bits per heavy atom. The van der Waals surface area contributed by atoms with Crippen molar-refractivity contribution < 1.29 is 9.53 Å². The van der Waals surface area contributed by atoms with Crippen LogP contribution >= 0.6 is 0 Å². The lowest BCUT2D eigenvalue weighted by atomic mass is 9.97. The molecule has 3 rings (SSSR count). The van der Waals surface area contributed by atoms with Crippen molar-refractivity contribution in [2.45, 2.75) is 39.2 Å². The van der Waals surface area contributed by atoms with Crippen molar-refractivity contribution in [1.82, 2.24) is 9.97 Å². The molecule has 2 aromatic rings. The molecule has 0 fully saturated rings. The molecule has 27 heavy (non-hydrogen) atoms. The number of carbonyl (C=O) groups excluding carboxylic acids is 1. The van der Waals surface area contributed by atoms with Gasteiger partial charge in [0.25, 0.3) is 0 Å². The minimum Gasteiger partial charge on any atom is -0.443 e. The van der Waals surface area contributed by atoms with Crippen LogP contribution in [0.1, 0.15) is 38.3 Å². The highest BCUT2D eigenvalue weighted by Gasteiger charge is 2.27. The van der Waals surface area contributed by atoms with E-state index in [9.17, 15) is 10.1 Å². The predicted octanol–water partition coefficient (Wildman–Crippen LogP) is 2.87. The third-order valence-electron chi connectivity index (χ3n) is 4.15. The average molecular weight is 366 g/mol. The zero-order valence-electron chi connectivity index (χ0n) is 15.6. The number of ether oxygens (including phenoxy) is 1. The second-order valence-corrected chi connectivity index (χ2v) is 7.38. The van der Waals surface area contributed by atoms with Gasteiger partial charge in [-0.15, -0.1) is 0 Å². The first-order chi connectivity index (χ1) is 12.7. The number of aryl methyl sites for hydroxylation is 1. The molecule has 1 amide bonds. The summed E-state index contributed by atoms with van der Waals surface area (Å²) >= 11 is 0. The molecule has 4 N–H and O–H groups in total. The second-order valence-electron chi connectivity index (χ2n) is 7.38. The highest BCUT2D eigenvalue weighted by atomic mass is 16.6. The van der Waals surface area contributed by atoms with E-state index in [1.165, 1.54) is 0 Å². The molecule has 2 heterocycles. The predicted molar refractivity (Wildman–Crippen MR) is 103 cm³/mol. The molecular formula is C19H22N6O2. The van der Waals surface area contributed by atoms with E-state index < -0.39 is 5.60 Å². The highest BCUT2D eigenvalue weighted by molar-refractivity contribution is 5.90. The first-order valence-electron chi connectivity index (χ1n) is 8.66. The molecule has 140 valence electrons. The fourth-order valence-electron chi connectivity index (χ4n) is 3.07. The van der Waals surface area contributed by atoms with Crippen molar-refractivity contribution >= 4 is 23.5 Å². The summed E-state index contributed by atoms with van der Waals surface area (Å²) in [6, 6.07) is 7.57. The van der Waals surface area contributed by atoms with Gasteiger partial charge in [0.1, 0.15) is 23.1 Å². The number of nitriles is 1. The summed E-state index contributed by atoms with van der Waals surface area (Å²) in [5.41, 5.74) is 14.0. The lowest BCUT2D eigenvalue weighted by Gasteiger charge is -2.32. The number of benzene rings is 1. The van der Waals surface area contributed by atoms with Crippen molar-refractivity contribution in [3.63, 3.8) is 0 Å². The van der Waals surface area contributed by atoms with Crippen LogP contribution in [0.15, 0.2) is 18.2 Å². The summed E-state index contributed by atoms with van der Waals surface area (Å²) in [6.07, 6.45) is 1.25. The Labute approximate surface area is 157 Å². The Morgan fingerprint density at radius 1 is 1.30 bits per heavy atom. The van der Waals surface area contributed by atoms with Gasteiger partial charge in [-0.25, -0.2) is 9.78 Å². The summed E-state index contributed by atoms with van der Waals surface area (Å²) in [6.45, 7) is 6.11. The Kier molecular flexibility index (Phi) is 4.62. The second kappa shape index (κ2) is 6.76. The van der Waals surface area contributed by atoms with Gasteiger partial charge in [0, 0.05) is 12.1 Å². The summed E-state index contributed by atoms with van der Waals surface area (Å²) in [5, 5.41) is 9.39. The van der Waals surface area contributed by atoms with Gasteiger partial charge >= 0.3 is 6.09 Å². The van der Waals surface area contributed by atoms with Gasteiger partial charge < -0.3 is 16.2 Å². The van der Waals surface area contributed by atoms with Crippen LogP contribution in [-0.2, 0) is 11.2 Å². The van der Waals surface area contributed by atoms with Crippen molar-refractivity contribution in [3.05, 3.63) is 29.3 Å². The third kappa shape index (κ3) is 3.77. The van der Waals surface area contributed by atoms with E-state index in [1.54, 1.807) is 11.0 Å². The molecule has 0 saturated heterocycles. The summed E-state index contributed by atoms with van der Waals surface area (Å²) in [5.74, 6) is 0.0581. The zero-order chi connectivity index (χ0) is 19.8. The van der Waals surface area contributed by atoms with E-state index >= 15 is 0 Å². The number of hydrogen-bond acceptors (Lipinski definition) is 7. The maximum Gasteiger partial charge on any atom is 0.414 e. The lowest BCUT2D eigenvalue weighted by molar-refractivity contribution is 0.0578. The van der Waals surface area contributed by atoms with Gasteiger partial charge in [0.05, 0.1) is 11.4 Å². The fraction of sp³-hybridized carbons (Fsp3) is 0.368. The van der Waals surface area contributed by atoms with E-state index in [2.05, 4.69) is 9.97 Å². The molecule has 0 unspecified atom stereocenters. The van der Waals surface area contributed by atoms with Gasteiger partial charge in [-0.1, -0.05) is 6.07 Å². The Balaban J connectivity index is 2.01. The monoisotopic (exact) mass is 366 g/mol. The fourth-order valence-corrected chi connectivity index (χ4v) is 3.07. The van der Waals surface area contributed by atoms with Gasteiger partial charge in [-0.2, -0.15) is 10.2 Å². The highest BCUT2D eigenvalue weighted by Crippen LogP contribution is 2.34. The Morgan fingerprint density at radius 3 is 2.70 bits per heavy atom. The number of nitrogens with two attached hydrogens (primary N) is 2. The lowest BCUT2D eigenvalue weighted by Crippen LogP contribution is -2.39. The molecule has 8 heteroatoms. The first kappa shape index (κ1) is 18.5. The molecule has 0 radical (unpaired) electrons. The quantitative estimate of drug-likeness (QED) is 0.793. The maximum atomic E-state index is 12.5. The van der Waals surface area contributed by atoms with Crippen LogP contribution in [-0.4, -0.2) is 28.2 Å². The van der Waals surface area contributed by atoms with E-state index in [0.717, 1.165) is 24.1 Å². The van der Waals surface area contributed by atoms with E-state index in [-0.39, 0.29) is 23.4 Å². The van der Waals surface area contributed by atoms with Crippen molar-refractivity contribution in [1.29, 1.82) is 5.26 Å². The molecule has 1 aromatic heterocycles. The van der Waals surface area contributed by atoms with Crippen LogP contribution < -0.4 is 16.4 Å². The molecule has 0 saturated carbocycles. The molecule has 0 spiro atoms. The van der Waals surface area contributed by atoms with Crippen LogP contribution in [0.4, 0.5) is 22.2 Å². The third-order valence-corrected chi connectivity index (χ3v) is 4.15. The number of rotatable bonds is 1. The minimum absolute atomic E-state index is 0.00889. The summed E-state index contributed by atoms with van der Waals surface area (Å²) in [4.78, 5) is 22.2. The summed E-state index contributed by atoms with van der Waals surface area (Å²) < 4.78 is 5.51. The number of carbonyl (C=O) groups is 1. The Bertz CT molecular complexity index is 942. The number of anilines is 3. The van der Waals surface area contributed by atoms with Crippen LogP contribution in [0.2, 0.25) is 0 Å². The first-order valence-corrected chi connectivity index (χ1v) is 8.66. The van der Waals surface area contributed by atoms with Crippen molar-refractivity contribution in [3.8, 4) is 17.3 Å². The van der Waals surface area contributed by atoms with E-state index in [1.807, 2.05) is 39.0 Å². The molecule has 8 nitrogen and oxygen atoms in total. The largest absolute Gasteiger partial charge is 0.443 e. The smallest absolute Gasteiger partial charge is 0.414 e. The number of nitrogens with zero attached hydrogens (tertiary/aromatic N) is 4. The molecule has 1 aromatic carbocycles. The van der Waals surface area contributed by atoms with Gasteiger partial charge in [-0.3, -0.25) is 4.90 Å². The molecular weight excluding hydrogens is 344 g/mol. The van der Waals surface area contributed by atoms with Crippen molar-refractivity contribution in [2.24, 2.45) is 0 Å². The minimum atomic E-state index is -0.563. The maximum absolute atomic E-state index is 12.5. The molecule has 0 bridgehead atoms. The van der Waals surface area contributed by atoms with Crippen molar-refractivity contribution in [2.75, 3.05) is 22.9 Å². The van der Waals surface area contributed by atoms with Crippen LogP contribution in [0.5, 0.6) is 0 Å². The average Bonchev–Trinajstić information content (AvgIpc) is 2.58. The number of hydrogen-bond donors (Lipinski definition) is 2. The molecule has 0 atom stereocenters. The zero-order valence-corrected chi connectivity index (χ0v) is 15.6. The molecule has 1 aliphatic rings. The number of fused-ring (bicyclic) bond motifs is 1. The van der Waals surface area contributed by atoms with E-state index in [0.29, 0.717) is 17.8 Å². The normalized spacial score (nSPS) is 13.6. The number of aromatic nitrogens is 2. The van der Waals surface area contributed by atoms with Gasteiger partial charge in [0.2, 0.25) is 5.95 Å². The van der Waals surface area contributed by atoms with Gasteiger partial charge in [-0.05, 0) is 51.3 Å². The number of nitrogen functional groups attached to an aromatic ring is 2. The topological polar surface area (TPSA) is 131 Å². The van der Waals surface area contributed by atoms with Gasteiger partial charge in [0.15, 0.2) is 0 Å². The number of amides is 1. The van der Waals surface area contributed by atoms with Crippen LogP contribution in [0.25, 0.3) is 11.3 Å². The Hall–Kier alpha value is -3.34. The summed E-state index contributed by atoms with van der Waals surface area (Å²) in [7, 11) is 0. The van der Waals surface area contributed by atoms with Crippen LogP contribution in [0.3, 0.4) is 0 Å². The van der Waals surface area contributed by atoms with E-state index in [4.69, 9.17) is 16.2 Å². The SMILES string of the molecule is CC(C)(C)OC(=O)N1CCCc2cc(-c3nc(N)nc(N)c3C#N)ccc21. The molecule has 1 aliphatic heterocycles. The van der Waals surface area contributed by atoms with Crippen LogP contribution in [0, 0.1) is 11.3 Å². The standard InChI is InChI=1S/C19H22N6O2/c1-19(2,3)27-18(26)25-8-4-5-11-9-12(6-7-14(11)25)15-13(10-20)16(21)24-17(22)23-15/h6-7,9H,4-5,8H2,1-3H3,(H4,21,22,23,24). The molecule has 0 aliphatic carbocycles.